The summed E-state index contributed by atoms with van der Waals surface area (Å²) in [4.78, 5) is 23.3. The van der Waals surface area contributed by atoms with Crippen LogP contribution in [-0.2, 0) is 4.79 Å². The molecular weight excluding hydrogens is 354 g/mol. The highest BCUT2D eigenvalue weighted by molar-refractivity contribution is 6.32. The molecule has 0 heterocycles. The fourth-order valence-electron chi connectivity index (χ4n) is 2.26. The molecule has 136 valence electrons. The van der Waals surface area contributed by atoms with Gasteiger partial charge in [0.25, 0.3) is 0 Å². The Labute approximate surface area is 157 Å². The number of halogens is 1. The van der Waals surface area contributed by atoms with Gasteiger partial charge in [-0.1, -0.05) is 11.6 Å². The Kier molecular flexibility index (Phi) is 6.81. The van der Waals surface area contributed by atoms with Crippen LogP contribution in [0.3, 0.4) is 0 Å². The van der Waals surface area contributed by atoms with Gasteiger partial charge in [0.15, 0.2) is 17.3 Å². The monoisotopic (exact) mass is 373 g/mol. The quantitative estimate of drug-likeness (QED) is 0.569. The second-order valence-corrected chi connectivity index (χ2v) is 5.83. The third-order valence-electron chi connectivity index (χ3n) is 3.53. The van der Waals surface area contributed by atoms with Crippen molar-refractivity contribution in [2.75, 3.05) is 19.0 Å². The van der Waals surface area contributed by atoms with Crippen molar-refractivity contribution in [3.05, 3.63) is 58.6 Å². The van der Waals surface area contributed by atoms with Crippen LogP contribution in [0.2, 0.25) is 5.02 Å². The highest BCUT2D eigenvalue weighted by atomic mass is 35.5. The number of hydrogen-bond acceptors (Lipinski definition) is 4. The van der Waals surface area contributed by atoms with Gasteiger partial charge in [0.1, 0.15) is 0 Å². The summed E-state index contributed by atoms with van der Waals surface area (Å²) in [6.07, 6.45) is 3.02. The van der Waals surface area contributed by atoms with Gasteiger partial charge in [-0.25, -0.2) is 0 Å². The Hall–Kier alpha value is -2.79. The maximum Gasteiger partial charge on any atom is 0.248 e. The average Bonchev–Trinajstić information content (AvgIpc) is 2.62. The Morgan fingerprint density at radius 1 is 1.19 bits per heavy atom. The zero-order valence-corrected chi connectivity index (χ0v) is 15.6. The number of ketones is 1. The van der Waals surface area contributed by atoms with E-state index in [2.05, 4.69) is 5.32 Å². The first-order valence-corrected chi connectivity index (χ1v) is 8.42. The molecule has 2 rings (SSSR count). The molecule has 26 heavy (non-hydrogen) atoms. The number of methoxy groups -OCH3 is 1. The number of amides is 1. The lowest BCUT2D eigenvalue weighted by atomic mass is 10.1. The molecule has 6 heteroatoms. The summed E-state index contributed by atoms with van der Waals surface area (Å²) < 4.78 is 10.7. The van der Waals surface area contributed by atoms with E-state index in [9.17, 15) is 9.59 Å². The second kappa shape index (κ2) is 9.06. The third-order valence-corrected chi connectivity index (χ3v) is 3.81. The fourth-order valence-corrected chi connectivity index (χ4v) is 2.54. The van der Waals surface area contributed by atoms with Crippen LogP contribution in [0.25, 0.3) is 6.08 Å². The Balaban J connectivity index is 2.09. The number of rotatable bonds is 7. The van der Waals surface area contributed by atoms with Gasteiger partial charge in [0, 0.05) is 17.3 Å². The standard InChI is InChI=1S/C20H20ClNO4/c1-4-26-20-17(21)11-14(12-18(20)25-3)5-10-19(24)22-16-8-6-15(7-9-16)13(2)23/h5-12H,4H2,1-3H3,(H,22,24)/b10-5+. The molecule has 2 aromatic carbocycles. The van der Waals surface area contributed by atoms with E-state index in [4.69, 9.17) is 21.1 Å². The molecule has 0 aliphatic rings. The van der Waals surface area contributed by atoms with Crippen LogP contribution in [0.1, 0.15) is 29.8 Å². The number of nitrogens with one attached hydrogen (secondary N) is 1. The van der Waals surface area contributed by atoms with Crippen LogP contribution in [0.15, 0.2) is 42.5 Å². The van der Waals surface area contributed by atoms with Gasteiger partial charge in [-0.3, -0.25) is 9.59 Å². The lowest BCUT2D eigenvalue weighted by Gasteiger charge is -2.11. The second-order valence-electron chi connectivity index (χ2n) is 5.42. The Bertz CT molecular complexity index is 828. The van der Waals surface area contributed by atoms with E-state index < -0.39 is 0 Å². The van der Waals surface area contributed by atoms with Crippen molar-refractivity contribution in [3.8, 4) is 11.5 Å². The topological polar surface area (TPSA) is 64.6 Å². The summed E-state index contributed by atoms with van der Waals surface area (Å²) in [7, 11) is 1.53. The number of ether oxygens (including phenoxy) is 2. The summed E-state index contributed by atoms with van der Waals surface area (Å²) in [5.41, 5.74) is 1.90. The van der Waals surface area contributed by atoms with E-state index in [1.807, 2.05) is 6.92 Å². The van der Waals surface area contributed by atoms with Crippen molar-refractivity contribution in [1.29, 1.82) is 0 Å². The zero-order valence-electron chi connectivity index (χ0n) is 14.8. The normalized spacial score (nSPS) is 10.6. The number of carbonyl (C=O) groups excluding carboxylic acids is 2. The molecule has 1 amide bonds. The lowest BCUT2D eigenvalue weighted by Crippen LogP contribution is -2.07. The van der Waals surface area contributed by atoms with Gasteiger partial charge in [0.05, 0.1) is 18.7 Å². The molecule has 0 radical (unpaired) electrons. The maximum absolute atomic E-state index is 12.1. The molecule has 0 saturated carbocycles. The zero-order chi connectivity index (χ0) is 19.1. The minimum atomic E-state index is -0.301. The van der Waals surface area contributed by atoms with Crippen LogP contribution in [-0.4, -0.2) is 25.4 Å². The largest absolute Gasteiger partial charge is 0.493 e. The highest BCUT2D eigenvalue weighted by Crippen LogP contribution is 2.36. The summed E-state index contributed by atoms with van der Waals surface area (Å²) in [6, 6.07) is 10.1. The van der Waals surface area contributed by atoms with Crippen LogP contribution >= 0.6 is 11.6 Å². The van der Waals surface area contributed by atoms with Crippen LogP contribution < -0.4 is 14.8 Å². The van der Waals surface area contributed by atoms with Crippen molar-refractivity contribution in [2.45, 2.75) is 13.8 Å². The molecular formula is C20H20ClNO4. The molecule has 1 N–H and O–H groups in total. The van der Waals surface area contributed by atoms with E-state index in [1.54, 1.807) is 42.5 Å². The number of anilines is 1. The first kappa shape index (κ1) is 19.5. The van der Waals surface area contributed by atoms with E-state index in [0.29, 0.717) is 39.9 Å². The van der Waals surface area contributed by atoms with Crippen molar-refractivity contribution in [2.24, 2.45) is 0 Å². The molecule has 2 aromatic rings. The first-order valence-electron chi connectivity index (χ1n) is 8.05. The summed E-state index contributed by atoms with van der Waals surface area (Å²) >= 11 is 6.21. The lowest BCUT2D eigenvalue weighted by molar-refractivity contribution is -0.111. The predicted molar refractivity (Wildman–Crippen MR) is 103 cm³/mol. The third kappa shape index (κ3) is 5.10. The first-order chi connectivity index (χ1) is 12.4. The summed E-state index contributed by atoms with van der Waals surface area (Å²) in [6.45, 7) is 3.82. The molecule has 0 bridgehead atoms. The van der Waals surface area contributed by atoms with Crippen LogP contribution in [0, 0.1) is 0 Å². The molecule has 0 spiro atoms. The Morgan fingerprint density at radius 3 is 2.46 bits per heavy atom. The van der Waals surface area contributed by atoms with E-state index in [-0.39, 0.29) is 11.7 Å². The number of carbonyl (C=O) groups is 2. The minimum absolute atomic E-state index is 0.0240. The van der Waals surface area contributed by atoms with Gasteiger partial charge >= 0.3 is 0 Å². The molecule has 0 aliphatic carbocycles. The van der Waals surface area contributed by atoms with Crippen molar-refractivity contribution in [3.63, 3.8) is 0 Å². The van der Waals surface area contributed by atoms with Crippen molar-refractivity contribution >= 4 is 35.1 Å². The molecule has 5 nitrogen and oxygen atoms in total. The molecule has 0 saturated heterocycles. The summed E-state index contributed by atoms with van der Waals surface area (Å²) in [5, 5.41) is 3.14. The predicted octanol–water partition coefficient (Wildman–Crippen LogP) is 4.60. The fraction of sp³-hybridized carbons (Fsp3) is 0.200. The van der Waals surface area contributed by atoms with Crippen LogP contribution in [0.5, 0.6) is 11.5 Å². The van der Waals surface area contributed by atoms with Gasteiger partial charge in [-0.2, -0.15) is 0 Å². The van der Waals surface area contributed by atoms with Crippen LogP contribution in [0.4, 0.5) is 5.69 Å². The molecule has 0 atom stereocenters. The molecule has 0 aliphatic heterocycles. The molecule has 0 aromatic heterocycles. The van der Waals surface area contributed by atoms with Gasteiger partial charge in [0.2, 0.25) is 5.91 Å². The highest BCUT2D eigenvalue weighted by Gasteiger charge is 2.10. The number of benzene rings is 2. The molecule has 0 unspecified atom stereocenters. The van der Waals surface area contributed by atoms with Crippen molar-refractivity contribution < 1.29 is 19.1 Å². The van der Waals surface area contributed by atoms with E-state index >= 15 is 0 Å². The van der Waals surface area contributed by atoms with Gasteiger partial charge in [-0.05, 0) is 61.9 Å². The number of Topliss-reactive ketones (excluding diaryl/α,β-unsaturated/α-hetero) is 1. The Morgan fingerprint density at radius 2 is 1.88 bits per heavy atom. The van der Waals surface area contributed by atoms with E-state index in [0.717, 1.165) is 0 Å². The maximum atomic E-state index is 12.1. The smallest absolute Gasteiger partial charge is 0.248 e. The SMILES string of the molecule is CCOc1c(Cl)cc(/C=C/C(=O)Nc2ccc(C(C)=O)cc2)cc1OC. The van der Waals surface area contributed by atoms with Crippen molar-refractivity contribution in [1.82, 2.24) is 0 Å². The minimum Gasteiger partial charge on any atom is -0.493 e. The summed E-state index contributed by atoms with van der Waals surface area (Å²) in [5.74, 6) is 0.650. The van der Waals surface area contributed by atoms with Gasteiger partial charge in [-0.15, -0.1) is 0 Å². The average molecular weight is 374 g/mol. The molecule has 0 fully saturated rings. The number of hydrogen-bond donors (Lipinski definition) is 1. The van der Waals surface area contributed by atoms with E-state index in [1.165, 1.54) is 20.1 Å². The van der Waals surface area contributed by atoms with Gasteiger partial charge < -0.3 is 14.8 Å².